The Kier molecular flexibility index (Phi) is 11.0. The maximum Gasteiger partial charge on any atom is 0.259 e. The van der Waals surface area contributed by atoms with Crippen LogP contribution in [0.25, 0.3) is 0 Å². The number of ether oxygens (including phenoxy) is 1. The predicted octanol–water partition coefficient (Wildman–Crippen LogP) is 5.34. The second kappa shape index (κ2) is 11.7. The molecule has 9 heteroatoms. The largest absolute Gasteiger partial charge is 0.409 e. The van der Waals surface area contributed by atoms with Crippen molar-refractivity contribution < 1.29 is 18.2 Å². The smallest absolute Gasteiger partial charge is 0.259 e. The van der Waals surface area contributed by atoms with Gasteiger partial charge in [-0.05, 0) is 52.2 Å². The van der Waals surface area contributed by atoms with E-state index < -0.39 is 22.8 Å². The first-order valence-electron chi connectivity index (χ1n) is 11.1. The van der Waals surface area contributed by atoms with Gasteiger partial charge in [0.05, 0.1) is 31.3 Å². The summed E-state index contributed by atoms with van der Waals surface area (Å²) in [5.41, 5.74) is 0. The van der Waals surface area contributed by atoms with E-state index in [1.807, 2.05) is 0 Å². The van der Waals surface area contributed by atoms with Crippen molar-refractivity contribution in [2.24, 2.45) is 0 Å². The zero-order valence-corrected chi connectivity index (χ0v) is 22.5. The van der Waals surface area contributed by atoms with E-state index in [-0.39, 0.29) is 35.4 Å². The highest BCUT2D eigenvalue weighted by Gasteiger charge is 2.50. The number of hydrogen-bond donors (Lipinski definition) is 0. The molecule has 0 aromatic rings. The van der Waals surface area contributed by atoms with Crippen molar-refractivity contribution in [3.05, 3.63) is 0 Å². The summed E-state index contributed by atoms with van der Waals surface area (Å²) in [6.07, 6.45) is 0.295. The van der Waals surface area contributed by atoms with Crippen LogP contribution < -0.4 is 0 Å². The first kappa shape index (κ1) is 28.0. The van der Waals surface area contributed by atoms with E-state index in [9.17, 15) is 0 Å². The molecule has 1 aliphatic heterocycles. The van der Waals surface area contributed by atoms with E-state index in [0.29, 0.717) is 13.0 Å². The Hall–Kier alpha value is 0.00182. The number of nitrogens with zero attached hydrogens (tertiary/aromatic N) is 2. The van der Waals surface area contributed by atoms with Crippen molar-refractivity contribution in [3.8, 4) is 6.07 Å². The van der Waals surface area contributed by atoms with Gasteiger partial charge in [-0.25, -0.2) is 4.67 Å². The molecule has 5 atom stereocenters. The van der Waals surface area contributed by atoms with Crippen LogP contribution in [0, 0.1) is 11.3 Å². The van der Waals surface area contributed by atoms with Crippen molar-refractivity contribution in [2.75, 3.05) is 6.61 Å². The first-order chi connectivity index (χ1) is 13.8. The highest BCUT2D eigenvalue weighted by Crippen LogP contribution is 2.50. The molecule has 0 aromatic heterocycles. The van der Waals surface area contributed by atoms with Crippen molar-refractivity contribution in [2.45, 2.75) is 123 Å². The molecule has 1 heterocycles. The van der Waals surface area contributed by atoms with Gasteiger partial charge in [-0.15, -0.1) is 0 Å². The van der Waals surface area contributed by atoms with E-state index >= 15 is 0 Å². The maximum atomic E-state index is 8.95. The fourth-order valence-corrected chi connectivity index (χ4v) is 6.33. The van der Waals surface area contributed by atoms with Gasteiger partial charge in [0.15, 0.2) is 8.32 Å². The SMILES string of the molecule is [B][C@@H]1O[C@H](CC)C(OP(OCCC#N)N(C(C)C)C(C)C)[C@@H]1O[Si](C)(C)C(C)(C)C. The maximum absolute atomic E-state index is 8.95. The lowest BCUT2D eigenvalue weighted by molar-refractivity contribution is 0.0256. The third-order valence-electron chi connectivity index (χ3n) is 5.86. The number of hydrogen-bond acceptors (Lipinski definition) is 6. The minimum atomic E-state index is -2.08. The van der Waals surface area contributed by atoms with Gasteiger partial charge in [-0.2, -0.15) is 5.26 Å². The molecule has 30 heavy (non-hydrogen) atoms. The van der Waals surface area contributed by atoms with Crippen LogP contribution in [-0.4, -0.2) is 63.8 Å². The Morgan fingerprint density at radius 3 is 2.17 bits per heavy atom. The summed E-state index contributed by atoms with van der Waals surface area (Å²) in [4.78, 5) is 0. The average Bonchev–Trinajstić information content (AvgIpc) is 2.88. The second-order valence-electron chi connectivity index (χ2n) is 10.0. The normalized spacial score (nSPS) is 26.5. The molecule has 0 aliphatic carbocycles. The van der Waals surface area contributed by atoms with Crippen LogP contribution in [0.1, 0.15) is 68.2 Å². The summed E-state index contributed by atoms with van der Waals surface area (Å²) in [6, 6.07) is 2.08. The standard InChI is InChI=1S/C21H42BN2O4PSi/c1-11-17-18(19(20(22)26-17)28-30(9,10)21(6,7)8)27-29(25-14-12-13-23)24(15(2)3)16(4)5/h15-20H,11-12,14H2,1-10H3/t17-,18?,19+,20-,29?/m1/s1. The molecule has 6 nitrogen and oxygen atoms in total. The van der Waals surface area contributed by atoms with Gasteiger partial charge < -0.3 is 18.2 Å². The minimum absolute atomic E-state index is 0.0531. The van der Waals surface area contributed by atoms with Gasteiger partial charge in [-0.3, -0.25) is 0 Å². The van der Waals surface area contributed by atoms with Gasteiger partial charge in [0, 0.05) is 18.1 Å². The lowest BCUT2D eigenvalue weighted by atomic mass is 9.93. The van der Waals surface area contributed by atoms with E-state index in [4.69, 9.17) is 31.3 Å². The molecule has 0 saturated carbocycles. The minimum Gasteiger partial charge on any atom is -0.409 e. The number of nitriles is 1. The monoisotopic (exact) mass is 456 g/mol. The van der Waals surface area contributed by atoms with E-state index in [1.54, 1.807) is 0 Å². The summed E-state index contributed by atoms with van der Waals surface area (Å²) < 4.78 is 27.7. The van der Waals surface area contributed by atoms with Crippen molar-refractivity contribution in [1.29, 1.82) is 5.26 Å². The fourth-order valence-electron chi connectivity index (χ4n) is 3.26. The topological polar surface area (TPSA) is 64.0 Å². The van der Waals surface area contributed by atoms with Crippen molar-refractivity contribution in [1.82, 2.24) is 4.67 Å². The molecule has 0 aromatic carbocycles. The van der Waals surface area contributed by atoms with Gasteiger partial charge in [-0.1, -0.05) is 27.7 Å². The quantitative estimate of drug-likeness (QED) is 0.238. The lowest BCUT2D eigenvalue weighted by Crippen LogP contribution is -2.50. The highest BCUT2D eigenvalue weighted by molar-refractivity contribution is 7.44. The Bertz CT molecular complexity index is 560. The summed E-state index contributed by atoms with van der Waals surface area (Å²) >= 11 is 0. The van der Waals surface area contributed by atoms with Crippen LogP contribution in [0.3, 0.4) is 0 Å². The molecule has 1 fully saturated rings. The van der Waals surface area contributed by atoms with Gasteiger partial charge in [0.1, 0.15) is 14.0 Å². The van der Waals surface area contributed by atoms with Crippen LogP contribution >= 0.6 is 8.53 Å². The predicted molar refractivity (Wildman–Crippen MR) is 127 cm³/mol. The summed E-state index contributed by atoms with van der Waals surface area (Å²) in [6.45, 7) is 22.0. The molecule has 1 saturated heterocycles. The van der Waals surface area contributed by atoms with Crippen LogP contribution in [0.2, 0.25) is 18.1 Å². The Morgan fingerprint density at radius 2 is 1.73 bits per heavy atom. The zero-order valence-electron chi connectivity index (χ0n) is 20.6. The second-order valence-corrected chi connectivity index (χ2v) is 16.2. The third-order valence-corrected chi connectivity index (χ3v) is 12.5. The molecule has 0 spiro atoms. The average molecular weight is 456 g/mol. The van der Waals surface area contributed by atoms with E-state index in [1.165, 1.54) is 0 Å². The lowest BCUT2D eigenvalue weighted by Gasteiger charge is -2.42. The van der Waals surface area contributed by atoms with Crippen molar-refractivity contribution >= 4 is 24.7 Å². The van der Waals surface area contributed by atoms with Crippen molar-refractivity contribution in [3.63, 3.8) is 0 Å². The van der Waals surface area contributed by atoms with E-state index in [2.05, 4.69) is 79.2 Å². The van der Waals surface area contributed by atoms with Gasteiger partial charge in [0.2, 0.25) is 0 Å². The summed E-state index contributed by atoms with van der Waals surface area (Å²) in [5.74, 6) is 0. The molecule has 2 unspecified atom stereocenters. The number of rotatable bonds is 11. The van der Waals surface area contributed by atoms with Crippen LogP contribution in [-0.2, 0) is 18.2 Å². The molecular formula is C21H42BN2O4PSi. The Morgan fingerprint density at radius 1 is 1.17 bits per heavy atom. The Labute approximate surface area is 188 Å². The van der Waals surface area contributed by atoms with E-state index in [0.717, 1.165) is 6.42 Å². The molecular weight excluding hydrogens is 414 g/mol. The summed E-state index contributed by atoms with van der Waals surface area (Å²) in [5, 5.41) is 9.00. The van der Waals surface area contributed by atoms with Gasteiger partial charge in [0.25, 0.3) is 8.53 Å². The molecule has 172 valence electrons. The Balaban J connectivity index is 3.18. The molecule has 1 rings (SSSR count). The molecule has 2 radical (unpaired) electrons. The summed E-state index contributed by atoms with van der Waals surface area (Å²) in [7, 11) is 2.91. The van der Waals surface area contributed by atoms with Crippen LogP contribution in [0.5, 0.6) is 0 Å². The van der Waals surface area contributed by atoms with Crippen LogP contribution in [0.15, 0.2) is 0 Å². The molecule has 0 amide bonds. The highest BCUT2D eigenvalue weighted by atomic mass is 31.2. The van der Waals surface area contributed by atoms with Gasteiger partial charge >= 0.3 is 0 Å². The fraction of sp³-hybridized carbons (Fsp3) is 0.952. The third kappa shape index (κ3) is 7.27. The molecule has 1 aliphatic rings. The first-order valence-corrected chi connectivity index (χ1v) is 15.1. The zero-order chi connectivity index (χ0) is 23.3. The van der Waals surface area contributed by atoms with Crippen LogP contribution in [0.4, 0.5) is 0 Å². The molecule has 0 bridgehead atoms. The molecule has 0 N–H and O–H groups in total.